The molecule has 18 heavy (non-hydrogen) atoms. The summed E-state index contributed by atoms with van der Waals surface area (Å²) in [5, 5.41) is 12.2. The molecule has 100 valence electrons. The monoisotopic (exact) mass is 267 g/mol. The lowest BCUT2D eigenvalue weighted by Crippen LogP contribution is -2.38. The van der Waals surface area contributed by atoms with Crippen LogP contribution in [0.2, 0.25) is 0 Å². The summed E-state index contributed by atoms with van der Waals surface area (Å²) in [5.74, 6) is 0.331. The number of carbonyl (C=O) groups is 1. The molecule has 0 aliphatic rings. The number of rotatable bonds is 6. The third-order valence-electron chi connectivity index (χ3n) is 2.66. The van der Waals surface area contributed by atoms with E-state index in [9.17, 15) is 9.90 Å². The number of hydrogen-bond donors (Lipinski definition) is 2. The van der Waals surface area contributed by atoms with Crippen molar-refractivity contribution in [2.45, 2.75) is 31.2 Å². The highest BCUT2D eigenvalue weighted by Gasteiger charge is 2.16. The second-order valence-electron chi connectivity index (χ2n) is 4.68. The third kappa shape index (κ3) is 4.35. The summed E-state index contributed by atoms with van der Waals surface area (Å²) in [4.78, 5) is 13.1. The number of nitrogens with one attached hydrogen (secondary N) is 1. The van der Waals surface area contributed by atoms with Gasteiger partial charge in [-0.2, -0.15) is 0 Å². The van der Waals surface area contributed by atoms with Crippen LogP contribution in [-0.2, 0) is 0 Å². The number of hydrogen-bond acceptors (Lipinski definition) is 3. The van der Waals surface area contributed by atoms with E-state index in [1.807, 2.05) is 30.5 Å². The van der Waals surface area contributed by atoms with Gasteiger partial charge in [-0.05, 0) is 30.7 Å². The molecule has 1 aromatic carbocycles. The summed E-state index contributed by atoms with van der Waals surface area (Å²) < 4.78 is 0. The molecular weight excluding hydrogens is 246 g/mol. The normalized spacial score (nSPS) is 12.5. The maximum atomic E-state index is 12.1. The first-order valence-electron chi connectivity index (χ1n) is 6.13. The molecule has 1 unspecified atom stereocenters. The van der Waals surface area contributed by atoms with Gasteiger partial charge in [0.05, 0.1) is 18.2 Å². The quantitative estimate of drug-likeness (QED) is 0.779. The van der Waals surface area contributed by atoms with Crippen molar-refractivity contribution in [2.24, 2.45) is 5.92 Å². The molecule has 1 amide bonds. The standard InChI is InChI=1S/C14H21NO2S/c1-10(2)8-11(9-16)15-14(17)12-6-4-5-7-13(12)18-3/h4-7,10-11,16H,8-9H2,1-3H3,(H,15,17). The van der Waals surface area contributed by atoms with Crippen molar-refractivity contribution in [3.8, 4) is 0 Å². The van der Waals surface area contributed by atoms with Crippen LogP contribution in [0, 0.1) is 5.92 Å². The van der Waals surface area contributed by atoms with Gasteiger partial charge in [-0.3, -0.25) is 4.79 Å². The number of amides is 1. The average Bonchev–Trinajstić information content (AvgIpc) is 2.37. The van der Waals surface area contributed by atoms with E-state index in [0.29, 0.717) is 11.5 Å². The van der Waals surface area contributed by atoms with E-state index in [1.54, 1.807) is 11.8 Å². The number of benzene rings is 1. The fourth-order valence-corrected chi connectivity index (χ4v) is 2.44. The Hall–Kier alpha value is -1.00. The summed E-state index contributed by atoms with van der Waals surface area (Å²) in [7, 11) is 0. The van der Waals surface area contributed by atoms with Gasteiger partial charge in [0, 0.05) is 4.90 Å². The van der Waals surface area contributed by atoms with Crippen LogP contribution in [0.4, 0.5) is 0 Å². The molecule has 1 rings (SSSR count). The molecule has 0 bridgehead atoms. The van der Waals surface area contributed by atoms with Crippen molar-refractivity contribution >= 4 is 17.7 Å². The Bertz CT molecular complexity index is 393. The van der Waals surface area contributed by atoms with Gasteiger partial charge in [0.2, 0.25) is 0 Å². The highest BCUT2D eigenvalue weighted by molar-refractivity contribution is 7.98. The number of carbonyl (C=O) groups excluding carboxylic acids is 1. The Morgan fingerprint density at radius 2 is 2.06 bits per heavy atom. The van der Waals surface area contributed by atoms with Crippen LogP contribution in [0.5, 0.6) is 0 Å². The molecule has 0 aliphatic carbocycles. The van der Waals surface area contributed by atoms with Crippen LogP contribution >= 0.6 is 11.8 Å². The van der Waals surface area contributed by atoms with Gasteiger partial charge in [0.15, 0.2) is 0 Å². The molecule has 2 N–H and O–H groups in total. The Balaban J connectivity index is 2.74. The molecule has 1 atom stereocenters. The van der Waals surface area contributed by atoms with Crippen molar-refractivity contribution in [3.63, 3.8) is 0 Å². The van der Waals surface area contributed by atoms with Crippen LogP contribution in [-0.4, -0.2) is 29.9 Å². The van der Waals surface area contributed by atoms with Crippen molar-refractivity contribution in [1.82, 2.24) is 5.32 Å². The van der Waals surface area contributed by atoms with E-state index >= 15 is 0 Å². The van der Waals surface area contributed by atoms with Gasteiger partial charge in [0.25, 0.3) is 5.91 Å². The molecule has 0 aliphatic heterocycles. The fourth-order valence-electron chi connectivity index (χ4n) is 1.84. The molecule has 0 fully saturated rings. The molecule has 0 aromatic heterocycles. The predicted molar refractivity (Wildman–Crippen MR) is 76.0 cm³/mol. The van der Waals surface area contributed by atoms with Gasteiger partial charge < -0.3 is 10.4 Å². The lowest BCUT2D eigenvalue weighted by molar-refractivity contribution is 0.0905. The highest BCUT2D eigenvalue weighted by Crippen LogP contribution is 2.20. The van der Waals surface area contributed by atoms with Crippen LogP contribution in [0.1, 0.15) is 30.6 Å². The second-order valence-corrected chi connectivity index (χ2v) is 5.53. The van der Waals surface area contributed by atoms with E-state index in [2.05, 4.69) is 19.2 Å². The highest BCUT2D eigenvalue weighted by atomic mass is 32.2. The second kappa shape index (κ2) is 7.44. The maximum Gasteiger partial charge on any atom is 0.252 e. The molecule has 4 heteroatoms. The molecule has 0 radical (unpaired) electrons. The first-order chi connectivity index (χ1) is 8.58. The summed E-state index contributed by atoms with van der Waals surface area (Å²) in [6.07, 6.45) is 2.73. The minimum Gasteiger partial charge on any atom is -0.394 e. The van der Waals surface area contributed by atoms with Crippen molar-refractivity contribution in [3.05, 3.63) is 29.8 Å². The predicted octanol–water partition coefficient (Wildman–Crippen LogP) is 2.55. The first-order valence-corrected chi connectivity index (χ1v) is 7.35. The van der Waals surface area contributed by atoms with E-state index < -0.39 is 0 Å². The molecular formula is C14H21NO2S. The lowest BCUT2D eigenvalue weighted by atomic mass is 10.0. The summed E-state index contributed by atoms with van der Waals surface area (Å²) in [6.45, 7) is 4.13. The van der Waals surface area contributed by atoms with Crippen LogP contribution < -0.4 is 5.32 Å². The van der Waals surface area contributed by atoms with Crippen LogP contribution in [0.15, 0.2) is 29.2 Å². The largest absolute Gasteiger partial charge is 0.394 e. The van der Waals surface area contributed by atoms with Crippen molar-refractivity contribution in [2.75, 3.05) is 12.9 Å². The zero-order valence-electron chi connectivity index (χ0n) is 11.1. The fraction of sp³-hybridized carbons (Fsp3) is 0.500. The van der Waals surface area contributed by atoms with Crippen LogP contribution in [0.3, 0.4) is 0 Å². The third-order valence-corrected chi connectivity index (χ3v) is 3.46. The molecule has 1 aromatic rings. The number of aliphatic hydroxyl groups is 1. The zero-order valence-corrected chi connectivity index (χ0v) is 12.0. The topological polar surface area (TPSA) is 49.3 Å². The van der Waals surface area contributed by atoms with Crippen molar-refractivity contribution < 1.29 is 9.90 Å². The minimum absolute atomic E-state index is 0.0225. The minimum atomic E-state index is -0.174. The van der Waals surface area contributed by atoms with Gasteiger partial charge in [0.1, 0.15) is 0 Å². The van der Waals surface area contributed by atoms with E-state index in [4.69, 9.17) is 0 Å². The summed E-state index contributed by atoms with van der Waals surface area (Å²) in [5.41, 5.74) is 0.673. The Kier molecular flexibility index (Phi) is 6.22. The number of aliphatic hydroxyl groups excluding tert-OH is 1. The van der Waals surface area contributed by atoms with Gasteiger partial charge >= 0.3 is 0 Å². The van der Waals surface area contributed by atoms with E-state index in [0.717, 1.165) is 11.3 Å². The van der Waals surface area contributed by atoms with Gasteiger partial charge in [-0.1, -0.05) is 26.0 Å². The molecule has 0 saturated carbocycles. The lowest BCUT2D eigenvalue weighted by Gasteiger charge is -2.19. The molecule has 0 spiro atoms. The van der Waals surface area contributed by atoms with Crippen LogP contribution in [0.25, 0.3) is 0 Å². The Labute approximate surface area is 113 Å². The van der Waals surface area contributed by atoms with Gasteiger partial charge in [-0.15, -0.1) is 11.8 Å². The smallest absolute Gasteiger partial charge is 0.252 e. The molecule has 0 saturated heterocycles. The Morgan fingerprint density at radius 1 is 1.39 bits per heavy atom. The maximum absolute atomic E-state index is 12.1. The van der Waals surface area contributed by atoms with Gasteiger partial charge in [-0.25, -0.2) is 0 Å². The van der Waals surface area contributed by atoms with E-state index in [-0.39, 0.29) is 18.6 Å². The summed E-state index contributed by atoms with van der Waals surface area (Å²) in [6, 6.07) is 7.33. The average molecular weight is 267 g/mol. The van der Waals surface area contributed by atoms with Crippen molar-refractivity contribution in [1.29, 1.82) is 0 Å². The Morgan fingerprint density at radius 3 is 2.61 bits per heavy atom. The zero-order chi connectivity index (χ0) is 13.5. The SMILES string of the molecule is CSc1ccccc1C(=O)NC(CO)CC(C)C. The first kappa shape index (κ1) is 15.1. The number of thioether (sulfide) groups is 1. The van der Waals surface area contributed by atoms with E-state index in [1.165, 1.54) is 0 Å². The molecule has 0 heterocycles. The summed E-state index contributed by atoms with van der Waals surface area (Å²) >= 11 is 1.55. The molecule has 3 nitrogen and oxygen atoms in total.